The summed E-state index contributed by atoms with van der Waals surface area (Å²) in [5.74, 6) is 0. The predicted molar refractivity (Wildman–Crippen MR) is 220 cm³/mol. The molecule has 0 amide bonds. The molecule has 0 saturated carbocycles. The summed E-state index contributed by atoms with van der Waals surface area (Å²) in [4.78, 5) is 2.37. The van der Waals surface area contributed by atoms with E-state index in [0.29, 0.717) is 0 Å². The molecule has 10 aromatic carbocycles. The van der Waals surface area contributed by atoms with E-state index in [0.717, 1.165) is 17.1 Å². The van der Waals surface area contributed by atoms with E-state index in [1.54, 1.807) is 0 Å². The minimum Gasteiger partial charge on any atom is -0.310 e. The van der Waals surface area contributed by atoms with Crippen LogP contribution in [0.25, 0.3) is 76.1 Å². The summed E-state index contributed by atoms with van der Waals surface area (Å²) >= 11 is 0. The van der Waals surface area contributed by atoms with Gasteiger partial charge in [0.1, 0.15) is 0 Å². The number of hydrogen-bond acceptors (Lipinski definition) is 1. The minimum atomic E-state index is 1.12. The highest BCUT2D eigenvalue weighted by molar-refractivity contribution is 6.26. The van der Waals surface area contributed by atoms with Gasteiger partial charge in [-0.1, -0.05) is 152 Å². The van der Waals surface area contributed by atoms with Gasteiger partial charge in [-0.3, -0.25) is 0 Å². The van der Waals surface area contributed by atoms with Gasteiger partial charge in [-0.2, -0.15) is 0 Å². The van der Waals surface area contributed by atoms with Crippen molar-refractivity contribution in [1.29, 1.82) is 0 Å². The first kappa shape index (κ1) is 29.2. The average molecular weight is 648 g/mol. The van der Waals surface area contributed by atoms with Gasteiger partial charge >= 0.3 is 0 Å². The van der Waals surface area contributed by atoms with Gasteiger partial charge in [0.25, 0.3) is 0 Å². The van der Waals surface area contributed by atoms with Crippen molar-refractivity contribution in [3.8, 4) is 22.3 Å². The largest absolute Gasteiger partial charge is 0.310 e. The summed E-state index contributed by atoms with van der Waals surface area (Å²) in [6.45, 7) is 0. The van der Waals surface area contributed by atoms with Crippen molar-refractivity contribution < 1.29 is 0 Å². The van der Waals surface area contributed by atoms with Gasteiger partial charge in [-0.25, -0.2) is 0 Å². The molecule has 0 N–H and O–H groups in total. The smallest absolute Gasteiger partial charge is 0.0540 e. The number of benzene rings is 10. The monoisotopic (exact) mass is 647 g/mol. The molecule has 0 aromatic heterocycles. The van der Waals surface area contributed by atoms with Crippen molar-refractivity contribution in [3.63, 3.8) is 0 Å². The van der Waals surface area contributed by atoms with Gasteiger partial charge in [0.05, 0.1) is 5.69 Å². The third kappa shape index (κ3) is 4.94. The fourth-order valence-electron chi connectivity index (χ4n) is 8.01. The van der Waals surface area contributed by atoms with Gasteiger partial charge in [0.15, 0.2) is 0 Å². The summed E-state index contributed by atoms with van der Waals surface area (Å²) in [7, 11) is 0. The zero-order chi connectivity index (χ0) is 33.7. The van der Waals surface area contributed by atoms with E-state index in [1.165, 1.54) is 76.1 Å². The predicted octanol–water partition coefficient (Wildman–Crippen LogP) is 14.3. The van der Waals surface area contributed by atoms with Crippen molar-refractivity contribution in [2.45, 2.75) is 0 Å². The van der Waals surface area contributed by atoms with Crippen molar-refractivity contribution in [1.82, 2.24) is 0 Å². The third-order valence-electron chi connectivity index (χ3n) is 10.4. The molecule has 0 bridgehead atoms. The Labute approximate surface area is 297 Å². The van der Waals surface area contributed by atoms with Crippen molar-refractivity contribution in [2.24, 2.45) is 0 Å². The summed E-state index contributed by atoms with van der Waals surface area (Å²) in [6.07, 6.45) is 0. The Morgan fingerprint density at radius 3 is 1.49 bits per heavy atom. The molecule has 0 aliphatic heterocycles. The Balaban J connectivity index is 1.16. The molecule has 238 valence electrons. The van der Waals surface area contributed by atoms with E-state index >= 15 is 0 Å². The molecule has 0 saturated heterocycles. The lowest BCUT2D eigenvalue weighted by molar-refractivity contribution is 1.30. The van der Waals surface area contributed by atoms with Crippen LogP contribution in [-0.4, -0.2) is 0 Å². The first-order valence-electron chi connectivity index (χ1n) is 17.6. The van der Waals surface area contributed by atoms with Gasteiger partial charge in [0.2, 0.25) is 0 Å². The molecule has 1 heteroatoms. The zero-order valence-electron chi connectivity index (χ0n) is 28.0. The Morgan fingerprint density at radius 1 is 0.275 bits per heavy atom. The molecule has 10 rings (SSSR count). The number of para-hydroxylation sites is 1. The first-order valence-corrected chi connectivity index (χ1v) is 17.6. The average Bonchev–Trinajstić information content (AvgIpc) is 3.21. The standard InChI is InChI=1S/C50H33N/c1-2-17-40(18-3-1)51(49-24-12-16-35-14-6-7-19-42(35)49)41-29-27-36(28-30-41)47-32-39-33-48(38-26-25-34-13-4-5-15-37(34)31-38)44-21-9-11-23-46(44)50(39)45-22-10-8-20-43(45)47/h1-33H. The molecule has 0 aliphatic rings. The van der Waals surface area contributed by atoms with Crippen LogP contribution in [0.2, 0.25) is 0 Å². The highest BCUT2D eigenvalue weighted by atomic mass is 15.1. The zero-order valence-corrected chi connectivity index (χ0v) is 28.0. The number of fused-ring (bicyclic) bond motifs is 7. The second kappa shape index (κ2) is 12.0. The number of hydrogen-bond donors (Lipinski definition) is 0. The number of rotatable bonds is 5. The molecule has 10 aromatic rings. The summed E-state index contributed by atoms with van der Waals surface area (Å²) in [6, 6.07) is 73.0. The van der Waals surface area contributed by atoms with E-state index in [1.807, 2.05) is 0 Å². The van der Waals surface area contributed by atoms with Crippen LogP contribution in [0.4, 0.5) is 17.1 Å². The van der Waals surface area contributed by atoms with Crippen LogP contribution in [0.3, 0.4) is 0 Å². The van der Waals surface area contributed by atoms with Gasteiger partial charge in [-0.15, -0.1) is 0 Å². The second-order valence-electron chi connectivity index (χ2n) is 13.3. The Bertz CT molecular complexity index is 2900. The lowest BCUT2D eigenvalue weighted by Crippen LogP contribution is -2.10. The van der Waals surface area contributed by atoms with E-state index < -0.39 is 0 Å². The van der Waals surface area contributed by atoms with E-state index in [2.05, 4.69) is 205 Å². The molecular weight excluding hydrogens is 615 g/mol. The van der Waals surface area contributed by atoms with Crippen LogP contribution in [0, 0.1) is 0 Å². The topological polar surface area (TPSA) is 3.24 Å². The molecule has 1 nitrogen and oxygen atoms in total. The molecule has 0 fully saturated rings. The highest BCUT2D eigenvalue weighted by Crippen LogP contribution is 2.44. The highest BCUT2D eigenvalue weighted by Gasteiger charge is 2.17. The molecule has 0 aliphatic carbocycles. The lowest BCUT2D eigenvalue weighted by atomic mass is 9.87. The maximum Gasteiger partial charge on any atom is 0.0540 e. The SMILES string of the molecule is c1ccc(N(c2ccc(-c3cc4cc(-c5ccc6ccccc6c5)c5ccccc5c4c4ccccc34)cc2)c2cccc3ccccc23)cc1. The van der Waals surface area contributed by atoms with Gasteiger partial charge < -0.3 is 4.90 Å². The normalized spacial score (nSPS) is 11.5. The van der Waals surface area contributed by atoms with Crippen molar-refractivity contribution in [3.05, 3.63) is 200 Å². The number of nitrogens with zero attached hydrogens (tertiary/aromatic N) is 1. The second-order valence-corrected chi connectivity index (χ2v) is 13.3. The molecule has 0 radical (unpaired) electrons. The minimum absolute atomic E-state index is 1.12. The molecule has 51 heavy (non-hydrogen) atoms. The number of anilines is 3. The maximum absolute atomic E-state index is 2.41. The van der Waals surface area contributed by atoms with Crippen LogP contribution < -0.4 is 4.90 Å². The van der Waals surface area contributed by atoms with Crippen LogP contribution in [0.1, 0.15) is 0 Å². The van der Waals surface area contributed by atoms with Crippen molar-refractivity contribution in [2.75, 3.05) is 4.90 Å². The molecule has 0 atom stereocenters. The maximum atomic E-state index is 2.41. The Kier molecular flexibility index (Phi) is 6.89. The van der Waals surface area contributed by atoms with E-state index in [4.69, 9.17) is 0 Å². The molecule has 0 spiro atoms. The third-order valence-corrected chi connectivity index (χ3v) is 10.4. The quantitative estimate of drug-likeness (QED) is 0.168. The first-order chi connectivity index (χ1) is 25.3. The van der Waals surface area contributed by atoms with E-state index in [9.17, 15) is 0 Å². The lowest BCUT2D eigenvalue weighted by Gasteiger charge is -2.27. The van der Waals surface area contributed by atoms with E-state index in [-0.39, 0.29) is 0 Å². The molecule has 0 unspecified atom stereocenters. The molecular formula is C50H33N. The van der Waals surface area contributed by atoms with Crippen LogP contribution >= 0.6 is 0 Å². The molecule has 0 heterocycles. The van der Waals surface area contributed by atoms with Crippen molar-refractivity contribution >= 4 is 70.9 Å². The Morgan fingerprint density at radius 2 is 0.784 bits per heavy atom. The van der Waals surface area contributed by atoms with Gasteiger partial charge in [-0.05, 0) is 119 Å². The summed E-state index contributed by atoms with van der Waals surface area (Å²) < 4.78 is 0. The summed E-state index contributed by atoms with van der Waals surface area (Å²) in [5.41, 5.74) is 8.34. The Hall–Kier alpha value is -6.70. The summed E-state index contributed by atoms with van der Waals surface area (Å²) in [5, 5.41) is 12.6. The van der Waals surface area contributed by atoms with Crippen LogP contribution in [0.15, 0.2) is 200 Å². The fraction of sp³-hybridized carbons (Fsp3) is 0. The van der Waals surface area contributed by atoms with Crippen LogP contribution in [-0.2, 0) is 0 Å². The van der Waals surface area contributed by atoms with Crippen LogP contribution in [0.5, 0.6) is 0 Å². The van der Waals surface area contributed by atoms with Gasteiger partial charge in [0, 0.05) is 16.8 Å². The fourth-order valence-corrected chi connectivity index (χ4v) is 8.01.